The summed E-state index contributed by atoms with van der Waals surface area (Å²) in [6, 6.07) is 13.7. The Balaban J connectivity index is 1.25. The molecule has 0 bridgehead atoms. The lowest BCUT2D eigenvalue weighted by atomic mass is 10.1. The number of anilines is 1. The Hall–Kier alpha value is -4.03. The summed E-state index contributed by atoms with van der Waals surface area (Å²) < 4.78 is 1.54. The number of amides is 1. The summed E-state index contributed by atoms with van der Waals surface area (Å²) in [4.78, 5) is 39.6. The number of benzene rings is 1. The van der Waals surface area contributed by atoms with Gasteiger partial charge in [-0.25, -0.2) is 9.97 Å². The number of hydrogen-bond donors (Lipinski definition) is 0. The first-order valence-electron chi connectivity index (χ1n) is 11.5. The van der Waals surface area contributed by atoms with Crippen molar-refractivity contribution in [3.8, 4) is 17.2 Å². The summed E-state index contributed by atoms with van der Waals surface area (Å²) in [6.45, 7) is 4.77. The van der Waals surface area contributed by atoms with Crippen LogP contribution in [0.25, 0.3) is 21.3 Å². The van der Waals surface area contributed by atoms with Crippen LogP contribution in [0.4, 0.5) is 5.82 Å². The number of carbonyl (C=O) groups is 1. The molecule has 35 heavy (non-hydrogen) atoms. The number of aromatic nitrogens is 3. The molecule has 0 N–H and O–H groups in total. The van der Waals surface area contributed by atoms with E-state index in [2.05, 4.69) is 20.9 Å². The maximum atomic E-state index is 13.3. The number of aryl methyl sites for hydroxylation is 2. The van der Waals surface area contributed by atoms with Crippen molar-refractivity contribution in [3.05, 3.63) is 75.8 Å². The molecule has 1 aliphatic rings. The van der Waals surface area contributed by atoms with Crippen LogP contribution in [0, 0.1) is 18.3 Å². The Morgan fingerprint density at radius 1 is 1.11 bits per heavy atom. The first kappa shape index (κ1) is 22.7. The van der Waals surface area contributed by atoms with Crippen LogP contribution < -0.4 is 10.5 Å². The summed E-state index contributed by atoms with van der Waals surface area (Å²) >= 11 is 1.46. The van der Waals surface area contributed by atoms with Crippen molar-refractivity contribution in [2.45, 2.75) is 19.9 Å². The minimum absolute atomic E-state index is 0.0134. The van der Waals surface area contributed by atoms with Gasteiger partial charge in [0.25, 0.3) is 5.56 Å². The van der Waals surface area contributed by atoms with Crippen LogP contribution in [-0.4, -0.2) is 51.5 Å². The van der Waals surface area contributed by atoms with E-state index in [1.54, 1.807) is 24.7 Å². The van der Waals surface area contributed by atoms with E-state index in [1.807, 2.05) is 41.5 Å². The lowest BCUT2D eigenvalue weighted by Gasteiger charge is -2.35. The summed E-state index contributed by atoms with van der Waals surface area (Å²) in [7, 11) is 0. The van der Waals surface area contributed by atoms with Crippen LogP contribution in [0.15, 0.2) is 59.1 Å². The third-order valence-corrected chi connectivity index (χ3v) is 7.21. The van der Waals surface area contributed by atoms with E-state index in [1.165, 1.54) is 15.9 Å². The quantitative estimate of drug-likeness (QED) is 0.431. The number of nitrogens with zero attached hydrogens (tertiary/aromatic N) is 6. The number of hydrogen-bond acceptors (Lipinski definition) is 7. The number of fused-ring (bicyclic) bond motifs is 1. The van der Waals surface area contributed by atoms with Gasteiger partial charge < -0.3 is 9.80 Å². The van der Waals surface area contributed by atoms with Gasteiger partial charge in [-0.15, -0.1) is 11.3 Å². The molecule has 9 heteroatoms. The normalized spacial score (nSPS) is 13.7. The molecule has 3 aromatic heterocycles. The molecular weight excluding hydrogens is 460 g/mol. The van der Waals surface area contributed by atoms with Gasteiger partial charge in [0.05, 0.1) is 23.3 Å². The molecule has 0 radical (unpaired) electrons. The number of rotatable bonds is 5. The lowest BCUT2D eigenvalue weighted by molar-refractivity contribution is -0.131. The number of pyridine rings is 1. The van der Waals surface area contributed by atoms with Crippen LogP contribution in [-0.2, 0) is 11.3 Å². The summed E-state index contributed by atoms with van der Waals surface area (Å²) in [5.41, 5.74) is 3.49. The number of piperazine rings is 1. The maximum Gasteiger partial charge on any atom is 0.262 e. The van der Waals surface area contributed by atoms with Gasteiger partial charge in [0, 0.05) is 56.3 Å². The van der Waals surface area contributed by atoms with E-state index >= 15 is 0 Å². The first-order valence-corrected chi connectivity index (χ1v) is 12.3. The Kier molecular flexibility index (Phi) is 6.29. The van der Waals surface area contributed by atoms with Gasteiger partial charge in [0.2, 0.25) is 5.91 Å². The molecule has 1 saturated heterocycles. The molecule has 8 nitrogen and oxygen atoms in total. The molecule has 0 aliphatic carbocycles. The monoisotopic (exact) mass is 484 g/mol. The van der Waals surface area contributed by atoms with Crippen molar-refractivity contribution in [3.63, 3.8) is 0 Å². The second kappa shape index (κ2) is 9.68. The Morgan fingerprint density at radius 3 is 2.63 bits per heavy atom. The lowest BCUT2D eigenvalue weighted by Crippen LogP contribution is -2.49. The highest BCUT2D eigenvalue weighted by atomic mass is 32.1. The van der Waals surface area contributed by atoms with E-state index in [9.17, 15) is 9.59 Å². The number of thiophene rings is 1. The van der Waals surface area contributed by atoms with Crippen molar-refractivity contribution in [1.29, 1.82) is 5.26 Å². The average Bonchev–Trinajstić information content (AvgIpc) is 3.34. The molecule has 1 amide bonds. The van der Waals surface area contributed by atoms with Gasteiger partial charge >= 0.3 is 0 Å². The van der Waals surface area contributed by atoms with E-state index in [4.69, 9.17) is 5.26 Å². The van der Waals surface area contributed by atoms with Crippen LogP contribution in [0.3, 0.4) is 0 Å². The van der Waals surface area contributed by atoms with Crippen molar-refractivity contribution < 1.29 is 4.79 Å². The highest BCUT2D eigenvalue weighted by Crippen LogP contribution is 2.30. The molecule has 1 fully saturated rings. The van der Waals surface area contributed by atoms with E-state index < -0.39 is 0 Å². The number of carbonyl (C=O) groups excluding carboxylic acids is 1. The molecule has 0 spiro atoms. The van der Waals surface area contributed by atoms with Crippen LogP contribution in [0.2, 0.25) is 0 Å². The zero-order valence-corrected chi connectivity index (χ0v) is 20.2. The molecule has 0 saturated carbocycles. The molecule has 5 rings (SSSR count). The molecule has 1 aliphatic heterocycles. The van der Waals surface area contributed by atoms with Gasteiger partial charge in [-0.05, 0) is 24.6 Å². The molecular formula is C26H24N6O2S. The topological polar surface area (TPSA) is 95.1 Å². The van der Waals surface area contributed by atoms with Gasteiger partial charge in [0.15, 0.2) is 0 Å². The number of nitriles is 1. The maximum absolute atomic E-state index is 13.3. The predicted molar refractivity (Wildman–Crippen MR) is 136 cm³/mol. The fourth-order valence-corrected chi connectivity index (χ4v) is 5.20. The van der Waals surface area contributed by atoms with Crippen molar-refractivity contribution in [2.75, 3.05) is 31.1 Å². The second-order valence-corrected chi connectivity index (χ2v) is 9.43. The summed E-state index contributed by atoms with van der Waals surface area (Å²) in [6.07, 6.45) is 3.41. The minimum Gasteiger partial charge on any atom is -0.353 e. The van der Waals surface area contributed by atoms with E-state index in [0.29, 0.717) is 42.0 Å². The fraction of sp³-hybridized carbons (Fsp3) is 0.269. The smallest absolute Gasteiger partial charge is 0.262 e. The van der Waals surface area contributed by atoms with Gasteiger partial charge in [-0.3, -0.25) is 14.2 Å². The van der Waals surface area contributed by atoms with Crippen molar-refractivity contribution >= 4 is 33.3 Å². The van der Waals surface area contributed by atoms with Crippen molar-refractivity contribution in [2.24, 2.45) is 0 Å². The molecule has 0 unspecified atom stereocenters. The van der Waals surface area contributed by atoms with Gasteiger partial charge in [-0.1, -0.05) is 29.8 Å². The van der Waals surface area contributed by atoms with Crippen LogP contribution >= 0.6 is 11.3 Å². The molecule has 4 aromatic rings. The van der Waals surface area contributed by atoms with Crippen LogP contribution in [0.5, 0.6) is 0 Å². The Bertz CT molecular complexity index is 1480. The summed E-state index contributed by atoms with van der Waals surface area (Å²) in [5.74, 6) is 0.765. The Morgan fingerprint density at radius 2 is 1.89 bits per heavy atom. The second-order valence-electron chi connectivity index (χ2n) is 8.57. The van der Waals surface area contributed by atoms with Crippen molar-refractivity contribution in [1.82, 2.24) is 19.4 Å². The largest absolute Gasteiger partial charge is 0.353 e. The fourth-order valence-electron chi connectivity index (χ4n) is 4.29. The molecule has 4 heterocycles. The highest BCUT2D eigenvalue weighted by molar-refractivity contribution is 7.17. The first-order chi connectivity index (χ1) is 17.0. The third-order valence-electron chi connectivity index (χ3n) is 6.32. The van der Waals surface area contributed by atoms with Gasteiger partial charge in [0.1, 0.15) is 10.6 Å². The van der Waals surface area contributed by atoms with Gasteiger partial charge in [-0.2, -0.15) is 5.26 Å². The summed E-state index contributed by atoms with van der Waals surface area (Å²) in [5, 5.41) is 11.7. The molecule has 0 atom stereocenters. The highest BCUT2D eigenvalue weighted by Gasteiger charge is 2.22. The molecule has 1 aromatic carbocycles. The average molecular weight is 485 g/mol. The third kappa shape index (κ3) is 4.66. The zero-order valence-electron chi connectivity index (χ0n) is 19.3. The Labute approximate surface area is 206 Å². The van der Waals surface area contributed by atoms with E-state index in [-0.39, 0.29) is 24.4 Å². The minimum atomic E-state index is -0.118. The zero-order chi connectivity index (χ0) is 24.4. The van der Waals surface area contributed by atoms with Crippen LogP contribution in [0.1, 0.15) is 17.5 Å². The SMILES string of the molecule is Cc1ccc(-c2csc3ncn(CCC(=O)N4CCN(c5cc(C#N)ccn5)CC4)c(=O)c23)cc1. The van der Waals surface area contributed by atoms with E-state index in [0.717, 1.165) is 22.5 Å². The predicted octanol–water partition coefficient (Wildman–Crippen LogP) is 3.44. The standard InChI is InChI=1S/C26H24N6O2S/c1-18-2-4-20(5-3-18)21-16-35-25-24(21)26(34)32(17-29-25)9-7-23(33)31-12-10-30(11-13-31)22-14-19(15-27)6-8-28-22/h2-6,8,14,16-17H,7,9-13H2,1H3. The molecule has 176 valence electrons.